The van der Waals surface area contributed by atoms with Crippen molar-refractivity contribution in [3.8, 4) is 5.75 Å². The zero-order chi connectivity index (χ0) is 13.2. The van der Waals surface area contributed by atoms with E-state index in [1.165, 1.54) is 0 Å². The zero-order valence-corrected chi connectivity index (χ0v) is 9.22. The van der Waals surface area contributed by atoms with E-state index in [1.807, 2.05) is 0 Å². The highest BCUT2D eigenvalue weighted by Crippen LogP contribution is 2.29. The Hall–Kier alpha value is -1.56. The van der Waals surface area contributed by atoms with Crippen LogP contribution >= 0.6 is 11.6 Å². The highest BCUT2D eigenvalue weighted by atomic mass is 35.5. The fourth-order valence-electron chi connectivity index (χ4n) is 1.20. The summed E-state index contributed by atoms with van der Waals surface area (Å²) in [5.74, 6) is -1.22. The van der Waals surface area contributed by atoms with Crippen LogP contribution in [0.15, 0.2) is 12.1 Å². The smallest absolute Gasteiger partial charge is 0.406 e. The molecule has 0 N–H and O–H groups in total. The lowest BCUT2D eigenvalue weighted by atomic mass is 10.0. The van der Waals surface area contributed by atoms with Crippen LogP contribution in [0.3, 0.4) is 0 Å². The molecule has 1 rings (SSSR count). The summed E-state index contributed by atoms with van der Waals surface area (Å²) in [7, 11) is 0. The number of rotatable bonds is 3. The maximum absolute atomic E-state index is 12.0. The summed E-state index contributed by atoms with van der Waals surface area (Å²) in [5, 5.41) is -0.271. The zero-order valence-electron chi connectivity index (χ0n) is 8.47. The van der Waals surface area contributed by atoms with Gasteiger partial charge in [0.05, 0.1) is 5.02 Å². The van der Waals surface area contributed by atoms with Crippen molar-refractivity contribution in [1.29, 1.82) is 0 Å². The van der Waals surface area contributed by atoms with Crippen molar-refractivity contribution in [3.05, 3.63) is 28.3 Å². The highest BCUT2D eigenvalue weighted by molar-refractivity contribution is 6.34. The molecule has 0 unspecified atom stereocenters. The van der Waals surface area contributed by atoms with Gasteiger partial charge in [0.1, 0.15) is 5.75 Å². The molecule has 0 fully saturated rings. The molecule has 0 aliphatic heterocycles. The Bertz CT molecular complexity index is 469. The molecule has 7 heteroatoms. The van der Waals surface area contributed by atoms with E-state index in [-0.39, 0.29) is 16.1 Å². The van der Waals surface area contributed by atoms with Gasteiger partial charge in [-0.05, 0) is 19.1 Å². The first-order valence-electron chi connectivity index (χ1n) is 4.30. The van der Waals surface area contributed by atoms with Crippen molar-refractivity contribution < 1.29 is 27.5 Å². The Morgan fingerprint density at radius 3 is 2.41 bits per heavy atom. The lowest BCUT2D eigenvalue weighted by Gasteiger charge is -2.11. The molecule has 0 amide bonds. The number of carbonyl (C=O) groups is 2. The molecule has 1 aromatic carbocycles. The van der Waals surface area contributed by atoms with Crippen molar-refractivity contribution in [1.82, 2.24) is 0 Å². The third-order valence-corrected chi connectivity index (χ3v) is 2.15. The van der Waals surface area contributed by atoms with Crippen LogP contribution in [0.4, 0.5) is 13.2 Å². The molecule has 0 saturated carbocycles. The molecule has 3 nitrogen and oxygen atoms in total. The van der Waals surface area contributed by atoms with E-state index in [0.717, 1.165) is 19.1 Å². The highest BCUT2D eigenvalue weighted by Gasteiger charge is 2.31. The third kappa shape index (κ3) is 3.45. The van der Waals surface area contributed by atoms with E-state index in [2.05, 4.69) is 4.74 Å². The molecular formula is C10H6ClF3O3. The number of hydrogen-bond donors (Lipinski definition) is 0. The molecule has 0 bridgehead atoms. The van der Waals surface area contributed by atoms with Gasteiger partial charge >= 0.3 is 6.36 Å². The Balaban J connectivity index is 3.29. The van der Waals surface area contributed by atoms with Crippen LogP contribution < -0.4 is 4.74 Å². The predicted molar refractivity (Wildman–Crippen MR) is 53.5 cm³/mol. The maximum atomic E-state index is 12.0. The Morgan fingerprint density at radius 1 is 1.41 bits per heavy atom. The van der Waals surface area contributed by atoms with Crippen molar-refractivity contribution in [2.75, 3.05) is 0 Å². The Morgan fingerprint density at radius 2 is 2.00 bits per heavy atom. The molecule has 0 aromatic heterocycles. The lowest BCUT2D eigenvalue weighted by molar-refractivity contribution is -0.274. The number of hydrogen-bond acceptors (Lipinski definition) is 3. The number of ether oxygens (including phenoxy) is 1. The molecule has 0 heterocycles. The minimum Gasteiger partial charge on any atom is -0.406 e. The van der Waals surface area contributed by atoms with Crippen LogP contribution in [0, 0.1) is 0 Å². The summed E-state index contributed by atoms with van der Waals surface area (Å²) in [6, 6.07) is 1.65. The monoisotopic (exact) mass is 266 g/mol. The number of benzene rings is 1. The van der Waals surface area contributed by atoms with Gasteiger partial charge in [-0.1, -0.05) is 11.6 Å². The number of ketones is 1. The van der Waals surface area contributed by atoms with Crippen LogP contribution in [0.5, 0.6) is 5.75 Å². The van der Waals surface area contributed by atoms with E-state index in [0.29, 0.717) is 6.29 Å². The Labute approximate surface area is 99.1 Å². The summed E-state index contributed by atoms with van der Waals surface area (Å²) in [6.07, 6.45) is -4.59. The lowest BCUT2D eigenvalue weighted by Crippen LogP contribution is -2.17. The van der Waals surface area contributed by atoms with Gasteiger partial charge in [0, 0.05) is 11.1 Å². The minimum atomic E-state index is -4.89. The number of carbonyl (C=O) groups excluding carboxylic acids is 2. The second-order valence-electron chi connectivity index (χ2n) is 3.09. The maximum Gasteiger partial charge on any atom is 0.573 e. The quantitative estimate of drug-likeness (QED) is 0.623. The molecular weight excluding hydrogens is 261 g/mol. The molecule has 0 aliphatic rings. The molecule has 0 atom stereocenters. The van der Waals surface area contributed by atoms with Crippen molar-refractivity contribution in [3.63, 3.8) is 0 Å². The second-order valence-corrected chi connectivity index (χ2v) is 3.50. The normalized spacial score (nSPS) is 11.1. The average molecular weight is 267 g/mol. The topological polar surface area (TPSA) is 43.4 Å². The average Bonchev–Trinajstić information content (AvgIpc) is 2.13. The van der Waals surface area contributed by atoms with Crippen molar-refractivity contribution >= 4 is 23.7 Å². The first-order valence-corrected chi connectivity index (χ1v) is 4.68. The molecule has 1 aromatic rings. The van der Waals surface area contributed by atoms with Crippen LogP contribution in [0.25, 0.3) is 0 Å². The molecule has 0 aliphatic carbocycles. The largest absolute Gasteiger partial charge is 0.573 e. The predicted octanol–water partition coefficient (Wildman–Crippen LogP) is 3.25. The fourth-order valence-corrected chi connectivity index (χ4v) is 1.45. The van der Waals surface area contributed by atoms with E-state index in [1.54, 1.807) is 0 Å². The van der Waals surface area contributed by atoms with Crippen molar-refractivity contribution in [2.24, 2.45) is 0 Å². The van der Waals surface area contributed by atoms with Crippen LogP contribution in [-0.2, 0) is 0 Å². The van der Waals surface area contributed by atoms with Gasteiger partial charge in [0.2, 0.25) is 0 Å². The van der Waals surface area contributed by atoms with Gasteiger partial charge in [-0.25, -0.2) is 0 Å². The summed E-state index contributed by atoms with van der Waals surface area (Å²) < 4.78 is 39.5. The molecule has 92 valence electrons. The van der Waals surface area contributed by atoms with Crippen LogP contribution in [-0.4, -0.2) is 18.4 Å². The summed E-state index contributed by atoms with van der Waals surface area (Å²) in [6.45, 7) is 1.11. The Kier molecular flexibility index (Phi) is 3.77. The van der Waals surface area contributed by atoms with E-state index >= 15 is 0 Å². The summed E-state index contributed by atoms with van der Waals surface area (Å²) >= 11 is 5.58. The number of aldehydes is 1. The van der Waals surface area contributed by atoms with Gasteiger partial charge < -0.3 is 4.74 Å². The van der Waals surface area contributed by atoms with E-state index in [4.69, 9.17) is 11.6 Å². The molecule has 0 radical (unpaired) electrons. The van der Waals surface area contributed by atoms with Gasteiger partial charge in [0.25, 0.3) is 0 Å². The third-order valence-electron chi connectivity index (χ3n) is 1.83. The molecule has 0 spiro atoms. The second kappa shape index (κ2) is 4.75. The standard InChI is InChI=1S/C10H6ClF3O3/c1-5(16)7-2-6(17-10(12,13)14)3-9(11)8(7)4-15/h2-4H,1H3. The molecule has 0 saturated heterocycles. The number of halogens is 4. The first kappa shape index (κ1) is 13.5. The van der Waals surface area contributed by atoms with Gasteiger partial charge in [-0.15, -0.1) is 13.2 Å². The van der Waals surface area contributed by atoms with Gasteiger partial charge in [0.15, 0.2) is 12.1 Å². The fraction of sp³-hybridized carbons (Fsp3) is 0.200. The SMILES string of the molecule is CC(=O)c1cc(OC(F)(F)F)cc(Cl)c1C=O. The summed E-state index contributed by atoms with van der Waals surface area (Å²) in [5.41, 5.74) is -0.375. The minimum absolute atomic E-state index is 0.159. The number of Topliss-reactive ketones (excluding diaryl/α,β-unsaturated/α-hetero) is 1. The number of alkyl halides is 3. The van der Waals surface area contributed by atoms with Crippen LogP contribution in [0.1, 0.15) is 27.6 Å². The van der Waals surface area contributed by atoms with E-state index < -0.39 is 17.9 Å². The van der Waals surface area contributed by atoms with Crippen molar-refractivity contribution in [2.45, 2.75) is 13.3 Å². The van der Waals surface area contributed by atoms with E-state index in [9.17, 15) is 22.8 Å². The van der Waals surface area contributed by atoms with Crippen LogP contribution in [0.2, 0.25) is 5.02 Å². The first-order chi connectivity index (χ1) is 7.74. The molecule has 17 heavy (non-hydrogen) atoms. The van der Waals surface area contributed by atoms with Gasteiger partial charge in [-0.3, -0.25) is 9.59 Å². The summed E-state index contributed by atoms with van der Waals surface area (Å²) in [4.78, 5) is 21.8. The van der Waals surface area contributed by atoms with Gasteiger partial charge in [-0.2, -0.15) is 0 Å².